The quantitative estimate of drug-likeness (QED) is 0.631. The van der Waals surface area contributed by atoms with E-state index in [-0.39, 0.29) is 0 Å². The minimum absolute atomic E-state index is 0.577. The smallest absolute Gasteiger partial charge is 0.187 e. The molecule has 0 fully saturated rings. The molecule has 0 unspecified atom stereocenters. The fourth-order valence-corrected chi connectivity index (χ4v) is 2.93. The maximum absolute atomic E-state index is 5.80. The lowest BCUT2D eigenvalue weighted by molar-refractivity contribution is 0.306. The van der Waals surface area contributed by atoms with E-state index in [1.165, 1.54) is 0 Å². The summed E-state index contributed by atoms with van der Waals surface area (Å²) in [5, 5.41) is 9.58. The average Bonchev–Trinajstić information content (AvgIpc) is 3.07. The number of rotatable bonds is 8. The second-order valence-electron chi connectivity index (χ2n) is 5.35. The molecule has 0 atom stereocenters. The Morgan fingerprint density at radius 2 is 1.83 bits per heavy atom. The third-order valence-electron chi connectivity index (χ3n) is 3.46. The van der Waals surface area contributed by atoms with Crippen LogP contribution >= 0.6 is 11.3 Å². The molecule has 0 amide bonds. The summed E-state index contributed by atoms with van der Waals surface area (Å²) in [4.78, 5) is 4.56. The number of anilines is 2. The van der Waals surface area contributed by atoms with Gasteiger partial charge in [0.1, 0.15) is 12.4 Å². The molecule has 0 radical (unpaired) electrons. The van der Waals surface area contributed by atoms with Crippen LogP contribution in [0.5, 0.6) is 5.75 Å². The molecule has 0 aliphatic heterocycles. The van der Waals surface area contributed by atoms with Crippen LogP contribution in [0.1, 0.15) is 18.2 Å². The second kappa shape index (κ2) is 8.47. The van der Waals surface area contributed by atoms with Crippen molar-refractivity contribution in [2.24, 2.45) is 0 Å². The summed E-state index contributed by atoms with van der Waals surface area (Å²) < 4.78 is 5.80. The summed E-state index contributed by atoms with van der Waals surface area (Å²) in [6, 6.07) is 18.1. The second-order valence-corrected chi connectivity index (χ2v) is 6.21. The first-order chi connectivity index (χ1) is 11.8. The topological polar surface area (TPSA) is 46.2 Å². The van der Waals surface area contributed by atoms with Gasteiger partial charge in [0.15, 0.2) is 5.13 Å². The molecule has 0 aliphatic carbocycles. The fraction of sp³-hybridized carbons (Fsp3) is 0.211. The predicted octanol–water partition coefficient (Wildman–Crippen LogP) is 4.58. The Morgan fingerprint density at radius 1 is 1.04 bits per heavy atom. The van der Waals surface area contributed by atoms with Crippen LogP contribution in [0.25, 0.3) is 0 Å². The minimum Gasteiger partial charge on any atom is -0.489 e. The Bertz CT molecular complexity index is 741. The summed E-state index contributed by atoms with van der Waals surface area (Å²) >= 11 is 1.61. The molecule has 0 spiro atoms. The molecule has 1 heterocycles. The Morgan fingerprint density at radius 3 is 2.58 bits per heavy atom. The highest BCUT2D eigenvalue weighted by atomic mass is 32.1. The van der Waals surface area contributed by atoms with Crippen molar-refractivity contribution in [2.75, 3.05) is 11.9 Å². The summed E-state index contributed by atoms with van der Waals surface area (Å²) in [6.07, 6.45) is 0. The van der Waals surface area contributed by atoms with E-state index < -0.39 is 0 Å². The highest BCUT2D eigenvalue weighted by Gasteiger charge is 2.02. The molecular formula is C19H21N3OS. The first-order valence-electron chi connectivity index (χ1n) is 8.02. The van der Waals surface area contributed by atoms with Gasteiger partial charge in [0.05, 0.1) is 5.69 Å². The van der Waals surface area contributed by atoms with Crippen molar-refractivity contribution >= 4 is 22.2 Å². The SMILES string of the molecule is CCNCc1csc(Nc2ccc(OCc3ccccc3)cc2)n1. The molecule has 0 saturated heterocycles. The fourth-order valence-electron chi connectivity index (χ4n) is 2.20. The lowest BCUT2D eigenvalue weighted by Gasteiger charge is -2.08. The predicted molar refractivity (Wildman–Crippen MR) is 100.0 cm³/mol. The van der Waals surface area contributed by atoms with Crippen LogP contribution in [0.3, 0.4) is 0 Å². The summed E-state index contributed by atoms with van der Waals surface area (Å²) in [6.45, 7) is 4.42. The number of hydrogen-bond acceptors (Lipinski definition) is 5. The lowest BCUT2D eigenvalue weighted by Crippen LogP contribution is -2.11. The zero-order valence-corrected chi connectivity index (χ0v) is 14.5. The van der Waals surface area contributed by atoms with Crippen molar-refractivity contribution in [3.63, 3.8) is 0 Å². The molecule has 2 aromatic carbocycles. The van der Waals surface area contributed by atoms with Crippen LogP contribution in [-0.2, 0) is 13.2 Å². The van der Waals surface area contributed by atoms with Gasteiger partial charge in [-0.1, -0.05) is 37.3 Å². The van der Waals surface area contributed by atoms with E-state index >= 15 is 0 Å². The number of aromatic nitrogens is 1. The van der Waals surface area contributed by atoms with Crippen LogP contribution < -0.4 is 15.4 Å². The van der Waals surface area contributed by atoms with E-state index in [4.69, 9.17) is 4.74 Å². The first kappa shape index (κ1) is 16.5. The molecule has 3 aromatic rings. The standard InChI is InChI=1S/C19H21N3OS/c1-2-20-12-17-14-24-19(22-17)21-16-8-10-18(11-9-16)23-13-15-6-4-3-5-7-15/h3-11,14,20H,2,12-13H2,1H3,(H,21,22). The molecule has 0 saturated carbocycles. The van der Waals surface area contributed by atoms with Gasteiger partial charge in [-0.25, -0.2) is 4.98 Å². The van der Waals surface area contributed by atoms with Crippen molar-refractivity contribution in [3.05, 3.63) is 71.2 Å². The maximum Gasteiger partial charge on any atom is 0.187 e. The normalized spacial score (nSPS) is 10.5. The van der Waals surface area contributed by atoms with E-state index in [2.05, 4.69) is 40.1 Å². The number of nitrogens with zero attached hydrogens (tertiary/aromatic N) is 1. The molecule has 4 nitrogen and oxygen atoms in total. The third-order valence-corrected chi connectivity index (χ3v) is 4.27. The zero-order chi connectivity index (χ0) is 16.6. The third kappa shape index (κ3) is 4.81. The molecule has 24 heavy (non-hydrogen) atoms. The van der Waals surface area contributed by atoms with Crippen molar-refractivity contribution in [2.45, 2.75) is 20.1 Å². The van der Waals surface area contributed by atoms with Gasteiger partial charge in [-0.05, 0) is 36.4 Å². The van der Waals surface area contributed by atoms with Gasteiger partial charge in [-0.3, -0.25) is 0 Å². The average molecular weight is 339 g/mol. The number of benzene rings is 2. The van der Waals surface area contributed by atoms with E-state index in [1.807, 2.05) is 42.5 Å². The van der Waals surface area contributed by atoms with Crippen LogP contribution in [0.2, 0.25) is 0 Å². The highest BCUT2D eigenvalue weighted by Crippen LogP contribution is 2.23. The molecule has 2 N–H and O–H groups in total. The first-order valence-corrected chi connectivity index (χ1v) is 8.90. The molecule has 5 heteroatoms. The Balaban J connectivity index is 1.53. The molecule has 124 valence electrons. The van der Waals surface area contributed by atoms with Gasteiger partial charge < -0.3 is 15.4 Å². The van der Waals surface area contributed by atoms with Crippen LogP contribution in [0.15, 0.2) is 60.0 Å². The molecule has 3 rings (SSSR count). The van der Waals surface area contributed by atoms with E-state index in [1.54, 1.807) is 11.3 Å². The molecule has 1 aromatic heterocycles. The van der Waals surface area contributed by atoms with Gasteiger partial charge in [0, 0.05) is 17.6 Å². The van der Waals surface area contributed by atoms with Crippen molar-refractivity contribution in [3.8, 4) is 5.75 Å². The molecular weight excluding hydrogens is 318 g/mol. The van der Waals surface area contributed by atoms with Crippen molar-refractivity contribution in [1.29, 1.82) is 0 Å². The van der Waals surface area contributed by atoms with E-state index in [9.17, 15) is 0 Å². The zero-order valence-electron chi connectivity index (χ0n) is 13.7. The largest absolute Gasteiger partial charge is 0.489 e. The van der Waals surface area contributed by atoms with Crippen molar-refractivity contribution < 1.29 is 4.74 Å². The van der Waals surface area contributed by atoms with Crippen LogP contribution in [0, 0.1) is 0 Å². The Hall–Kier alpha value is -2.37. The van der Waals surface area contributed by atoms with Gasteiger partial charge in [0.25, 0.3) is 0 Å². The van der Waals surface area contributed by atoms with Crippen LogP contribution in [0.4, 0.5) is 10.8 Å². The lowest BCUT2D eigenvalue weighted by atomic mass is 10.2. The van der Waals surface area contributed by atoms with Gasteiger partial charge in [0.2, 0.25) is 0 Å². The number of ether oxygens (including phenoxy) is 1. The Kier molecular flexibility index (Phi) is 5.82. The summed E-state index contributed by atoms with van der Waals surface area (Å²) in [7, 11) is 0. The molecule has 0 aliphatic rings. The van der Waals surface area contributed by atoms with E-state index in [0.717, 1.165) is 40.9 Å². The van der Waals surface area contributed by atoms with Crippen LogP contribution in [-0.4, -0.2) is 11.5 Å². The number of nitrogens with one attached hydrogen (secondary N) is 2. The summed E-state index contributed by atoms with van der Waals surface area (Å²) in [5.41, 5.74) is 3.23. The van der Waals surface area contributed by atoms with Gasteiger partial charge >= 0.3 is 0 Å². The van der Waals surface area contributed by atoms with Crippen molar-refractivity contribution in [1.82, 2.24) is 10.3 Å². The van der Waals surface area contributed by atoms with E-state index in [0.29, 0.717) is 6.61 Å². The number of thiazole rings is 1. The Labute approximate surface area is 146 Å². The minimum atomic E-state index is 0.577. The monoisotopic (exact) mass is 339 g/mol. The maximum atomic E-state index is 5.80. The highest BCUT2D eigenvalue weighted by molar-refractivity contribution is 7.13. The van der Waals surface area contributed by atoms with Gasteiger partial charge in [-0.15, -0.1) is 11.3 Å². The van der Waals surface area contributed by atoms with Gasteiger partial charge in [-0.2, -0.15) is 0 Å². The number of hydrogen-bond donors (Lipinski definition) is 2. The summed E-state index contributed by atoms with van der Waals surface area (Å²) in [5.74, 6) is 0.858. The molecule has 0 bridgehead atoms.